The summed E-state index contributed by atoms with van der Waals surface area (Å²) in [5, 5.41) is 1.42. The molecule has 4 nitrogen and oxygen atoms in total. The number of thiophene rings is 1. The van der Waals surface area contributed by atoms with Crippen molar-refractivity contribution in [1.82, 2.24) is 4.90 Å². The first-order chi connectivity index (χ1) is 9.82. The Hall–Kier alpha value is -1.30. The standard InChI is InChI=1S/C14H13Cl2N3OS/c1-14(6-10(20)19(2)13(17)18-14)7-3-4-9-8(5-7)11(15)12(16)21-9/h3-5H,6H2,1-2H3,(H2,17,18)/t14-/m0/s1. The van der Waals surface area contributed by atoms with Crippen LogP contribution in [0.1, 0.15) is 18.9 Å². The van der Waals surface area contributed by atoms with Crippen LogP contribution in [0, 0.1) is 0 Å². The Morgan fingerprint density at radius 2 is 2.14 bits per heavy atom. The second kappa shape index (κ2) is 4.87. The zero-order chi connectivity index (χ0) is 15.4. The lowest BCUT2D eigenvalue weighted by Gasteiger charge is -2.33. The highest BCUT2D eigenvalue weighted by Gasteiger charge is 2.36. The Labute approximate surface area is 136 Å². The summed E-state index contributed by atoms with van der Waals surface area (Å²) >= 11 is 13.7. The first-order valence-electron chi connectivity index (χ1n) is 6.32. The van der Waals surface area contributed by atoms with Crippen LogP contribution in [0.2, 0.25) is 9.36 Å². The van der Waals surface area contributed by atoms with Crippen LogP contribution in [0.5, 0.6) is 0 Å². The summed E-state index contributed by atoms with van der Waals surface area (Å²) in [6.45, 7) is 1.90. The van der Waals surface area contributed by atoms with Gasteiger partial charge in [0.25, 0.3) is 0 Å². The summed E-state index contributed by atoms with van der Waals surface area (Å²) in [7, 11) is 1.62. The molecule has 0 saturated carbocycles. The SMILES string of the molecule is CN1C(=O)C[C@@](C)(c2ccc3sc(Cl)c(Cl)c3c2)N=C1N. The lowest BCUT2D eigenvalue weighted by molar-refractivity contribution is -0.128. The van der Waals surface area contributed by atoms with Crippen LogP contribution in [0.3, 0.4) is 0 Å². The molecular weight excluding hydrogens is 329 g/mol. The van der Waals surface area contributed by atoms with E-state index in [2.05, 4.69) is 4.99 Å². The molecule has 7 heteroatoms. The maximum Gasteiger partial charge on any atom is 0.231 e. The number of carbonyl (C=O) groups is 1. The van der Waals surface area contributed by atoms with E-state index in [0.29, 0.717) is 9.36 Å². The predicted molar refractivity (Wildman–Crippen MR) is 88.2 cm³/mol. The normalized spacial score (nSPS) is 22.8. The molecule has 2 N–H and O–H groups in total. The minimum atomic E-state index is -0.681. The second-order valence-corrected chi connectivity index (χ2v) is 7.31. The fourth-order valence-corrected chi connectivity index (χ4v) is 3.93. The molecular formula is C14H13Cl2N3OS. The number of fused-ring (bicyclic) bond motifs is 1. The van der Waals surface area contributed by atoms with Crippen LogP contribution >= 0.6 is 34.5 Å². The van der Waals surface area contributed by atoms with Crippen molar-refractivity contribution in [3.63, 3.8) is 0 Å². The average molecular weight is 342 g/mol. The highest BCUT2D eigenvalue weighted by molar-refractivity contribution is 7.23. The van der Waals surface area contributed by atoms with Crippen molar-refractivity contribution in [2.75, 3.05) is 7.05 Å². The number of nitrogens with two attached hydrogens (primary N) is 1. The van der Waals surface area contributed by atoms with Crippen molar-refractivity contribution in [2.24, 2.45) is 10.7 Å². The van der Waals surface area contributed by atoms with Gasteiger partial charge in [0, 0.05) is 17.1 Å². The third kappa shape index (κ3) is 2.29. The molecule has 1 aliphatic heterocycles. The molecule has 0 aliphatic carbocycles. The van der Waals surface area contributed by atoms with Crippen LogP contribution in [-0.4, -0.2) is 23.8 Å². The van der Waals surface area contributed by atoms with Gasteiger partial charge in [-0.1, -0.05) is 29.3 Å². The summed E-state index contributed by atoms with van der Waals surface area (Å²) in [5.41, 5.74) is 6.06. The van der Waals surface area contributed by atoms with Gasteiger partial charge in [0.1, 0.15) is 4.34 Å². The first-order valence-corrected chi connectivity index (χ1v) is 7.89. The van der Waals surface area contributed by atoms with Gasteiger partial charge in [-0.2, -0.15) is 0 Å². The highest BCUT2D eigenvalue weighted by atomic mass is 35.5. The topological polar surface area (TPSA) is 58.7 Å². The lowest BCUT2D eigenvalue weighted by atomic mass is 9.87. The number of guanidine groups is 1. The van der Waals surface area contributed by atoms with Crippen molar-refractivity contribution in [3.8, 4) is 0 Å². The number of benzene rings is 1. The minimum Gasteiger partial charge on any atom is -0.369 e. The van der Waals surface area contributed by atoms with Crippen molar-refractivity contribution >= 4 is 56.5 Å². The molecule has 1 aliphatic rings. The molecule has 1 amide bonds. The van der Waals surface area contributed by atoms with Gasteiger partial charge < -0.3 is 5.73 Å². The number of hydrogen-bond acceptors (Lipinski definition) is 4. The molecule has 2 aromatic rings. The van der Waals surface area contributed by atoms with Gasteiger partial charge >= 0.3 is 0 Å². The molecule has 0 saturated heterocycles. The monoisotopic (exact) mass is 341 g/mol. The van der Waals surface area contributed by atoms with Crippen LogP contribution < -0.4 is 5.73 Å². The summed E-state index contributed by atoms with van der Waals surface area (Å²) < 4.78 is 1.57. The van der Waals surface area contributed by atoms with Crippen molar-refractivity contribution in [3.05, 3.63) is 33.1 Å². The Bertz CT molecular complexity index is 786. The van der Waals surface area contributed by atoms with Crippen LogP contribution in [0.25, 0.3) is 10.1 Å². The smallest absolute Gasteiger partial charge is 0.231 e. The molecule has 2 heterocycles. The van der Waals surface area contributed by atoms with Gasteiger partial charge in [0.15, 0.2) is 5.96 Å². The third-order valence-corrected chi connectivity index (χ3v) is 5.77. The minimum absolute atomic E-state index is 0.0560. The Morgan fingerprint density at radius 3 is 2.81 bits per heavy atom. The number of halogens is 2. The second-order valence-electron chi connectivity index (χ2n) is 5.27. The van der Waals surface area contributed by atoms with Gasteiger partial charge in [-0.25, -0.2) is 4.99 Å². The number of amides is 1. The van der Waals surface area contributed by atoms with Crippen LogP contribution in [0.15, 0.2) is 23.2 Å². The van der Waals surface area contributed by atoms with Crippen LogP contribution in [-0.2, 0) is 10.3 Å². The number of carbonyl (C=O) groups excluding carboxylic acids is 1. The van der Waals surface area contributed by atoms with E-state index >= 15 is 0 Å². The fraction of sp³-hybridized carbons (Fsp3) is 0.286. The molecule has 0 unspecified atom stereocenters. The van der Waals surface area contributed by atoms with E-state index in [1.165, 1.54) is 16.2 Å². The van der Waals surface area contributed by atoms with Crippen molar-refractivity contribution in [2.45, 2.75) is 18.9 Å². The third-order valence-electron chi connectivity index (χ3n) is 3.78. The van der Waals surface area contributed by atoms with E-state index in [1.807, 2.05) is 25.1 Å². The number of aliphatic imine (C=N–C) groups is 1. The molecule has 1 atom stereocenters. The van der Waals surface area contributed by atoms with E-state index in [0.717, 1.165) is 15.6 Å². The fourth-order valence-electron chi connectivity index (χ4n) is 2.45. The van der Waals surface area contributed by atoms with E-state index < -0.39 is 5.54 Å². The molecule has 0 bridgehead atoms. The molecule has 21 heavy (non-hydrogen) atoms. The van der Waals surface area contributed by atoms with Gasteiger partial charge in [-0.3, -0.25) is 9.69 Å². The number of hydrogen-bond donors (Lipinski definition) is 1. The maximum atomic E-state index is 12.0. The molecule has 1 aromatic heterocycles. The molecule has 3 rings (SSSR count). The average Bonchev–Trinajstić information content (AvgIpc) is 2.71. The van der Waals surface area contributed by atoms with Gasteiger partial charge in [-0.05, 0) is 24.6 Å². The molecule has 0 radical (unpaired) electrons. The van der Waals surface area contributed by atoms with E-state index in [4.69, 9.17) is 28.9 Å². The van der Waals surface area contributed by atoms with Crippen molar-refractivity contribution in [1.29, 1.82) is 0 Å². The zero-order valence-electron chi connectivity index (χ0n) is 11.5. The summed E-state index contributed by atoms with van der Waals surface area (Å²) in [4.78, 5) is 17.9. The Balaban J connectivity index is 2.15. The van der Waals surface area contributed by atoms with E-state index in [-0.39, 0.29) is 18.3 Å². The molecule has 110 valence electrons. The van der Waals surface area contributed by atoms with Crippen LogP contribution in [0.4, 0.5) is 0 Å². The molecule has 1 aromatic carbocycles. The summed E-state index contributed by atoms with van der Waals surface area (Å²) in [6.07, 6.45) is 0.269. The summed E-state index contributed by atoms with van der Waals surface area (Å²) in [5.74, 6) is 0.169. The van der Waals surface area contributed by atoms with Crippen molar-refractivity contribution < 1.29 is 4.79 Å². The lowest BCUT2D eigenvalue weighted by Crippen LogP contribution is -2.47. The predicted octanol–water partition coefficient (Wildman–Crippen LogP) is 3.60. The van der Waals surface area contributed by atoms with E-state index in [9.17, 15) is 4.79 Å². The first kappa shape index (κ1) is 14.6. The maximum absolute atomic E-state index is 12.0. The van der Waals surface area contributed by atoms with E-state index in [1.54, 1.807) is 7.05 Å². The van der Waals surface area contributed by atoms with Gasteiger partial charge in [-0.15, -0.1) is 11.3 Å². The number of rotatable bonds is 1. The van der Waals surface area contributed by atoms with Gasteiger partial charge in [0.05, 0.1) is 17.0 Å². The van der Waals surface area contributed by atoms with Gasteiger partial charge in [0.2, 0.25) is 5.91 Å². The summed E-state index contributed by atoms with van der Waals surface area (Å²) in [6, 6.07) is 5.84. The zero-order valence-corrected chi connectivity index (χ0v) is 13.8. The quantitative estimate of drug-likeness (QED) is 0.861. The Morgan fingerprint density at radius 1 is 1.43 bits per heavy atom. The largest absolute Gasteiger partial charge is 0.369 e. The highest BCUT2D eigenvalue weighted by Crippen LogP contribution is 2.42. The molecule has 0 fully saturated rings. The number of nitrogens with zero attached hydrogens (tertiary/aromatic N) is 2. The molecule has 0 spiro atoms. The Kier molecular flexibility index (Phi) is 3.39.